The Bertz CT molecular complexity index is 1040. The first-order valence-corrected chi connectivity index (χ1v) is 8.87. The summed E-state index contributed by atoms with van der Waals surface area (Å²) in [4.78, 5) is 38.7. The number of amides is 1. The average molecular weight is 364 g/mol. The van der Waals surface area contributed by atoms with Crippen LogP contribution in [0, 0.1) is 6.92 Å². The Morgan fingerprint density at radius 2 is 2.15 bits per heavy atom. The molecule has 0 bridgehead atoms. The highest BCUT2D eigenvalue weighted by Crippen LogP contribution is 2.31. The lowest BCUT2D eigenvalue weighted by atomic mass is 10.1. The minimum atomic E-state index is -0.270. The van der Waals surface area contributed by atoms with Crippen molar-refractivity contribution in [2.75, 3.05) is 6.54 Å². The van der Waals surface area contributed by atoms with Gasteiger partial charge in [0, 0.05) is 32.1 Å². The summed E-state index contributed by atoms with van der Waals surface area (Å²) in [6.07, 6.45) is 4.99. The largest absolute Gasteiger partial charge is 0.328 e. The summed E-state index contributed by atoms with van der Waals surface area (Å²) in [7, 11) is 1.79. The van der Waals surface area contributed by atoms with E-state index >= 15 is 0 Å². The SMILES string of the molecule is Cc1nn(C)cc1C(=O)N1CCC[C@H]1c1nc(-c2ccccn2)cc(=O)[nH]1. The van der Waals surface area contributed by atoms with Gasteiger partial charge in [-0.25, -0.2) is 4.98 Å². The molecule has 0 aliphatic carbocycles. The van der Waals surface area contributed by atoms with Gasteiger partial charge in [0.25, 0.3) is 11.5 Å². The summed E-state index contributed by atoms with van der Waals surface area (Å²) in [5.74, 6) is 0.407. The van der Waals surface area contributed by atoms with Crippen molar-refractivity contribution in [2.45, 2.75) is 25.8 Å². The van der Waals surface area contributed by atoms with Gasteiger partial charge < -0.3 is 9.88 Å². The minimum Gasteiger partial charge on any atom is -0.328 e. The van der Waals surface area contributed by atoms with Crippen LogP contribution in [-0.2, 0) is 7.05 Å². The Labute approximate surface area is 155 Å². The molecule has 8 heteroatoms. The van der Waals surface area contributed by atoms with Crippen LogP contribution in [0.3, 0.4) is 0 Å². The molecule has 0 spiro atoms. The smallest absolute Gasteiger partial charge is 0.257 e. The maximum Gasteiger partial charge on any atom is 0.257 e. The summed E-state index contributed by atoms with van der Waals surface area (Å²) in [6.45, 7) is 2.44. The number of nitrogens with zero attached hydrogens (tertiary/aromatic N) is 5. The van der Waals surface area contributed by atoms with Gasteiger partial charge in [-0.2, -0.15) is 5.10 Å². The van der Waals surface area contributed by atoms with E-state index in [9.17, 15) is 9.59 Å². The first kappa shape index (κ1) is 17.1. The van der Waals surface area contributed by atoms with Crippen LogP contribution in [0.5, 0.6) is 0 Å². The minimum absolute atomic E-state index is 0.0889. The number of carbonyl (C=O) groups is 1. The Morgan fingerprint density at radius 1 is 1.30 bits per heavy atom. The van der Waals surface area contributed by atoms with Crippen LogP contribution in [0.2, 0.25) is 0 Å². The van der Waals surface area contributed by atoms with Crippen molar-refractivity contribution in [1.82, 2.24) is 29.6 Å². The van der Waals surface area contributed by atoms with Gasteiger partial charge in [0.2, 0.25) is 0 Å². The number of nitrogens with one attached hydrogen (secondary N) is 1. The fourth-order valence-electron chi connectivity index (χ4n) is 3.54. The van der Waals surface area contributed by atoms with Crippen molar-refractivity contribution in [1.29, 1.82) is 0 Å². The van der Waals surface area contributed by atoms with E-state index in [1.807, 2.05) is 25.1 Å². The molecule has 4 rings (SSSR count). The van der Waals surface area contributed by atoms with Crippen LogP contribution in [-0.4, -0.2) is 42.1 Å². The number of hydrogen-bond acceptors (Lipinski definition) is 5. The van der Waals surface area contributed by atoms with E-state index in [4.69, 9.17) is 0 Å². The summed E-state index contributed by atoms with van der Waals surface area (Å²) in [6, 6.07) is 6.63. The summed E-state index contributed by atoms with van der Waals surface area (Å²) in [5.41, 5.74) is 2.15. The molecule has 4 heterocycles. The number of rotatable bonds is 3. The fourth-order valence-corrected chi connectivity index (χ4v) is 3.54. The van der Waals surface area contributed by atoms with Gasteiger partial charge in [-0.05, 0) is 31.9 Å². The van der Waals surface area contributed by atoms with Crippen LogP contribution in [0.1, 0.15) is 40.8 Å². The van der Waals surface area contributed by atoms with E-state index in [1.54, 1.807) is 29.0 Å². The van der Waals surface area contributed by atoms with Crippen molar-refractivity contribution in [3.63, 3.8) is 0 Å². The molecule has 8 nitrogen and oxygen atoms in total. The second kappa shape index (κ2) is 6.79. The standard InChI is InChI=1S/C19H20N6O2/c1-12-13(11-24(2)23-12)19(27)25-9-5-7-16(25)18-21-15(10-17(26)22-18)14-6-3-4-8-20-14/h3-4,6,8,10-11,16H,5,7,9H2,1-2H3,(H,21,22,26)/t16-/m0/s1. The predicted molar refractivity (Wildman–Crippen MR) is 99.0 cm³/mol. The van der Waals surface area contributed by atoms with Crippen molar-refractivity contribution in [3.05, 3.63) is 64.1 Å². The molecule has 0 radical (unpaired) electrons. The zero-order chi connectivity index (χ0) is 19.0. The van der Waals surface area contributed by atoms with Crippen molar-refractivity contribution < 1.29 is 4.79 Å². The fraction of sp³-hybridized carbons (Fsp3) is 0.316. The molecule has 1 N–H and O–H groups in total. The van der Waals surface area contributed by atoms with Crippen molar-refractivity contribution in [3.8, 4) is 11.4 Å². The number of aryl methyl sites for hydroxylation is 2. The lowest BCUT2D eigenvalue weighted by Crippen LogP contribution is -2.32. The van der Waals surface area contributed by atoms with E-state index in [-0.39, 0.29) is 17.5 Å². The second-order valence-electron chi connectivity index (χ2n) is 6.69. The molecule has 138 valence electrons. The number of hydrogen-bond donors (Lipinski definition) is 1. The van der Waals surface area contributed by atoms with Gasteiger partial charge in [0.05, 0.1) is 28.7 Å². The molecular formula is C19H20N6O2. The Balaban J connectivity index is 1.70. The normalized spacial score (nSPS) is 16.7. The quantitative estimate of drug-likeness (QED) is 0.765. The molecule has 3 aromatic rings. The third-order valence-corrected chi connectivity index (χ3v) is 4.76. The molecule has 0 aromatic carbocycles. The molecule has 1 fully saturated rings. The number of carbonyl (C=O) groups excluding carboxylic acids is 1. The molecule has 1 aliphatic rings. The highest BCUT2D eigenvalue weighted by molar-refractivity contribution is 5.95. The van der Waals surface area contributed by atoms with E-state index in [2.05, 4.69) is 20.1 Å². The highest BCUT2D eigenvalue weighted by Gasteiger charge is 2.33. The number of aromatic nitrogens is 5. The molecule has 0 saturated carbocycles. The molecule has 1 saturated heterocycles. The van der Waals surface area contributed by atoms with E-state index in [0.29, 0.717) is 35.0 Å². The molecule has 1 atom stereocenters. The molecule has 0 unspecified atom stereocenters. The zero-order valence-corrected chi connectivity index (χ0v) is 15.2. The van der Waals surface area contributed by atoms with Gasteiger partial charge in [-0.3, -0.25) is 19.3 Å². The van der Waals surface area contributed by atoms with Crippen LogP contribution in [0.15, 0.2) is 41.5 Å². The first-order chi connectivity index (χ1) is 13.0. The van der Waals surface area contributed by atoms with E-state index in [1.165, 1.54) is 6.07 Å². The van der Waals surface area contributed by atoms with Crippen LogP contribution in [0.4, 0.5) is 0 Å². The number of pyridine rings is 1. The lowest BCUT2D eigenvalue weighted by molar-refractivity contribution is 0.0729. The summed E-state index contributed by atoms with van der Waals surface area (Å²) < 4.78 is 1.63. The number of likely N-dealkylation sites (tertiary alicyclic amines) is 1. The van der Waals surface area contributed by atoms with Gasteiger partial charge >= 0.3 is 0 Å². The van der Waals surface area contributed by atoms with Crippen LogP contribution >= 0.6 is 0 Å². The Kier molecular flexibility index (Phi) is 4.31. The predicted octanol–water partition coefficient (Wildman–Crippen LogP) is 1.85. The molecule has 1 aliphatic heterocycles. The summed E-state index contributed by atoms with van der Waals surface area (Å²) in [5, 5.41) is 4.26. The zero-order valence-electron chi connectivity index (χ0n) is 15.2. The average Bonchev–Trinajstić information content (AvgIpc) is 3.28. The monoisotopic (exact) mass is 364 g/mol. The van der Waals surface area contributed by atoms with Gasteiger partial charge in [0.15, 0.2) is 0 Å². The Hall–Kier alpha value is -3.29. The van der Waals surface area contributed by atoms with E-state index < -0.39 is 0 Å². The molecule has 3 aromatic heterocycles. The number of aromatic amines is 1. The number of H-pyrrole nitrogens is 1. The van der Waals surface area contributed by atoms with Crippen LogP contribution < -0.4 is 5.56 Å². The topological polar surface area (TPSA) is 96.8 Å². The summed E-state index contributed by atoms with van der Waals surface area (Å²) >= 11 is 0. The molecular weight excluding hydrogens is 344 g/mol. The van der Waals surface area contributed by atoms with Crippen molar-refractivity contribution >= 4 is 5.91 Å². The van der Waals surface area contributed by atoms with E-state index in [0.717, 1.165) is 12.8 Å². The van der Waals surface area contributed by atoms with Gasteiger partial charge in [-0.1, -0.05) is 6.07 Å². The lowest BCUT2D eigenvalue weighted by Gasteiger charge is -2.24. The first-order valence-electron chi connectivity index (χ1n) is 8.87. The van der Waals surface area contributed by atoms with Crippen molar-refractivity contribution in [2.24, 2.45) is 7.05 Å². The van der Waals surface area contributed by atoms with Crippen LogP contribution in [0.25, 0.3) is 11.4 Å². The maximum atomic E-state index is 13.0. The Morgan fingerprint density at radius 3 is 2.85 bits per heavy atom. The second-order valence-corrected chi connectivity index (χ2v) is 6.69. The molecule has 27 heavy (non-hydrogen) atoms. The third-order valence-electron chi connectivity index (χ3n) is 4.76. The molecule has 1 amide bonds. The highest BCUT2D eigenvalue weighted by atomic mass is 16.2. The van der Waals surface area contributed by atoms with Gasteiger partial charge in [0.1, 0.15) is 5.82 Å². The van der Waals surface area contributed by atoms with Gasteiger partial charge in [-0.15, -0.1) is 0 Å². The maximum absolute atomic E-state index is 13.0. The third kappa shape index (κ3) is 3.25.